The normalized spacial score (nSPS) is 11.8. The zero-order valence-corrected chi connectivity index (χ0v) is 18.9. The Kier molecular flexibility index (Phi) is 7.30. The van der Waals surface area contributed by atoms with Crippen LogP contribution in [0.5, 0.6) is 11.5 Å². The van der Waals surface area contributed by atoms with Crippen LogP contribution in [0, 0.1) is 0 Å². The molecule has 0 saturated heterocycles. The van der Waals surface area contributed by atoms with E-state index in [1.807, 2.05) is 48.5 Å². The molecule has 4 nitrogen and oxygen atoms in total. The second-order valence-corrected chi connectivity index (χ2v) is 13.2. The first kappa shape index (κ1) is 22.0. The van der Waals surface area contributed by atoms with Crippen LogP contribution in [0.15, 0.2) is 48.5 Å². The topological polar surface area (TPSA) is 44.8 Å². The van der Waals surface area contributed by atoms with Crippen molar-refractivity contribution in [3.63, 3.8) is 0 Å². The van der Waals surface area contributed by atoms with E-state index < -0.39 is 8.32 Å². The Morgan fingerprint density at radius 2 is 1.64 bits per heavy atom. The summed E-state index contributed by atoms with van der Waals surface area (Å²) in [5, 5.41) is 0.0925. The zero-order chi connectivity index (χ0) is 20.8. The molecule has 28 heavy (non-hydrogen) atoms. The van der Waals surface area contributed by atoms with Gasteiger partial charge in [0, 0.05) is 6.42 Å². The predicted molar refractivity (Wildman–Crippen MR) is 115 cm³/mol. The SMILES string of the molecule is COc1ccc(CCC(=O)OCc2ccccc2)cc1O[Si](C)(C)C(C)(C)C. The lowest BCUT2D eigenvalue weighted by atomic mass is 10.1. The molecule has 0 radical (unpaired) electrons. The van der Waals surface area contributed by atoms with E-state index in [-0.39, 0.29) is 11.0 Å². The van der Waals surface area contributed by atoms with E-state index in [9.17, 15) is 4.79 Å². The van der Waals surface area contributed by atoms with Crippen LogP contribution >= 0.6 is 0 Å². The maximum Gasteiger partial charge on any atom is 0.306 e. The summed E-state index contributed by atoms with van der Waals surface area (Å²) >= 11 is 0. The Labute approximate surface area is 170 Å². The van der Waals surface area contributed by atoms with Gasteiger partial charge in [-0.25, -0.2) is 0 Å². The fourth-order valence-electron chi connectivity index (χ4n) is 2.44. The molecule has 0 atom stereocenters. The van der Waals surface area contributed by atoms with Gasteiger partial charge in [0.1, 0.15) is 12.4 Å². The lowest BCUT2D eigenvalue weighted by Gasteiger charge is -2.36. The van der Waals surface area contributed by atoms with Crippen molar-refractivity contribution in [2.45, 2.75) is 58.4 Å². The number of rotatable bonds is 8. The van der Waals surface area contributed by atoms with E-state index in [0.29, 0.717) is 19.4 Å². The lowest BCUT2D eigenvalue weighted by Crippen LogP contribution is -2.43. The maximum atomic E-state index is 12.1. The Morgan fingerprint density at radius 1 is 0.964 bits per heavy atom. The van der Waals surface area contributed by atoms with E-state index in [1.165, 1.54) is 0 Å². The van der Waals surface area contributed by atoms with Crippen molar-refractivity contribution >= 4 is 14.3 Å². The molecule has 0 fully saturated rings. The van der Waals surface area contributed by atoms with Crippen molar-refractivity contribution in [2.75, 3.05) is 7.11 Å². The first-order valence-corrected chi connectivity index (χ1v) is 12.6. The number of esters is 1. The molecule has 0 unspecified atom stereocenters. The van der Waals surface area contributed by atoms with E-state index in [2.05, 4.69) is 33.9 Å². The Balaban J connectivity index is 1.99. The minimum atomic E-state index is -1.98. The first-order valence-electron chi connectivity index (χ1n) is 9.68. The highest BCUT2D eigenvalue weighted by Crippen LogP contribution is 2.40. The fourth-order valence-corrected chi connectivity index (χ4v) is 3.46. The van der Waals surface area contributed by atoms with Crippen molar-refractivity contribution in [1.82, 2.24) is 0 Å². The van der Waals surface area contributed by atoms with Crippen LogP contribution in [0.2, 0.25) is 18.1 Å². The highest BCUT2D eigenvalue weighted by atomic mass is 28.4. The summed E-state index contributed by atoms with van der Waals surface area (Å²) < 4.78 is 17.3. The number of aryl methyl sites for hydroxylation is 1. The second-order valence-electron chi connectivity index (χ2n) is 8.49. The third-order valence-corrected chi connectivity index (χ3v) is 9.60. The number of ether oxygens (including phenoxy) is 2. The van der Waals surface area contributed by atoms with E-state index in [0.717, 1.165) is 22.6 Å². The number of benzene rings is 2. The summed E-state index contributed by atoms with van der Waals surface area (Å²) in [5.41, 5.74) is 2.02. The average Bonchev–Trinajstić information content (AvgIpc) is 2.64. The van der Waals surface area contributed by atoms with Crippen LogP contribution in [0.1, 0.15) is 38.3 Å². The monoisotopic (exact) mass is 400 g/mol. The first-order chi connectivity index (χ1) is 13.1. The standard InChI is InChI=1S/C23H32O4Si/c1-23(2,3)28(5,6)27-21-16-18(12-14-20(21)25-4)13-15-22(24)26-17-19-10-8-7-9-11-19/h7-12,14,16H,13,15,17H2,1-6H3. The summed E-state index contributed by atoms with van der Waals surface area (Å²) in [5.74, 6) is 1.27. The highest BCUT2D eigenvalue weighted by Gasteiger charge is 2.39. The smallest absolute Gasteiger partial charge is 0.306 e. The summed E-state index contributed by atoms with van der Waals surface area (Å²) in [6.07, 6.45) is 0.935. The summed E-state index contributed by atoms with van der Waals surface area (Å²) in [6, 6.07) is 15.6. The van der Waals surface area contributed by atoms with Gasteiger partial charge in [0.2, 0.25) is 0 Å². The molecule has 0 saturated carbocycles. The van der Waals surface area contributed by atoms with Crippen LogP contribution in [0.25, 0.3) is 0 Å². The minimum absolute atomic E-state index is 0.0925. The van der Waals surface area contributed by atoms with Gasteiger partial charge in [-0.3, -0.25) is 4.79 Å². The molecule has 0 bridgehead atoms. The largest absolute Gasteiger partial charge is 0.541 e. The van der Waals surface area contributed by atoms with Crippen molar-refractivity contribution in [3.05, 3.63) is 59.7 Å². The molecular formula is C23H32O4Si. The quantitative estimate of drug-likeness (QED) is 0.418. The molecule has 0 N–H and O–H groups in total. The Hall–Kier alpha value is -2.27. The Morgan fingerprint density at radius 3 is 2.25 bits per heavy atom. The number of hydrogen-bond acceptors (Lipinski definition) is 4. The number of carbonyl (C=O) groups is 1. The van der Waals surface area contributed by atoms with Crippen LogP contribution in [-0.4, -0.2) is 21.4 Å². The van der Waals surface area contributed by atoms with Gasteiger partial charge in [-0.2, -0.15) is 0 Å². The van der Waals surface area contributed by atoms with E-state index >= 15 is 0 Å². The molecule has 5 heteroatoms. The zero-order valence-electron chi connectivity index (χ0n) is 17.9. The molecule has 0 heterocycles. The third kappa shape index (κ3) is 6.13. The molecule has 2 aromatic carbocycles. The average molecular weight is 401 g/mol. The number of methoxy groups -OCH3 is 1. The molecule has 0 aliphatic carbocycles. The number of hydrogen-bond donors (Lipinski definition) is 0. The van der Waals surface area contributed by atoms with Gasteiger partial charge in [-0.15, -0.1) is 0 Å². The second kappa shape index (κ2) is 9.28. The van der Waals surface area contributed by atoms with Crippen molar-refractivity contribution in [2.24, 2.45) is 0 Å². The van der Waals surface area contributed by atoms with Gasteiger partial charge in [-0.1, -0.05) is 57.2 Å². The van der Waals surface area contributed by atoms with Gasteiger partial charge in [-0.05, 0) is 47.8 Å². The van der Waals surface area contributed by atoms with E-state index in [1.54, 1.807) is 7.11 Å². The molecule has 0 aliphatic rings. The van der Waals surface area contributed by atoms with Crippen LogP contribution in [0.4, 0.5) is 0 Å². The molecule has 0 spiro atoms. The van der Waals surface area contributed by atoms with E-state index in [4.69, 9.17) is 13.9 Å². The van der Waals surface area contributed by atoms with Gasteiger partial charge in [0.05, 0.1) is 7.11 Å². The molecule has 2 rings (SSSR count). The molecular weight excluding hydrogens is 368 g/mol. The molecule has 0 aliphatic heterocycles. The lowest BCUT2D eigenvalue weighted by molar-refractivity contribution is -0.144. The van der Waals surface area contributed by atoms with Crippen molar-refractivity contribution < 1.29 is 18.7 Å². The molecule has 0 aromatic heterocycles. The highest BCUT2D eigenvalue weighted by molar-refractivity contribution is 6.74. The fraction of sp³-hybridized carbons (Fsp3) is 0.435. The Bertz CT molecular complexity index is 779. The van der Waals surface area contributed by atoms with Gasteiger partial charge in [0.25, 0.3) is 8.32 Å². The van der Waals surface area contributed by atoms with Gasteiger partial charge >= 0.3 is 5.97 Å². The third-order valence-electron chi connectivity index (χ3n) is 5.26. The van der Waals surface area contributed by atoms with Crippen LogP contribution in [0.3, 0.4) is 0 Å². The predicted octanol–water partition coefficient (Wildman–Crippen LogP) is 5.76. The van der Waals surface area contributed by atoms with Crippen LogP contribution < -0.4 is 9.16 Å². The summed E-state index contributed by atoms with van der Waals surface area (Å²) in [4.78, 5) is 12.1. The summed E-state index contributed by atoms with van der Waals surface area (Å²) in [7, 11) is -0.336. The number of carbonyl (C=O) groups excluding carboxylic acids is 1. The van der Waals surface area contributed by atoms with Gasteiger partial charge in [0.15, 0.2) is 5.75 Å². The molecule has 2 aromatic rings. The molecule has 0 amide bonds. The molecule has 152 valence electrons. The maximum absolute atomic E-state index is 12.1. The van der Waals surface area contributed by atoms with Gasteiger partial charge < -0.3 is 13.9 Å². The van der Waals surface area contributed by atoms with Crippen molar-refractivity contribution in [3.8, 4) is 11.5 Å². The van der Waals surface area contributed by atoms with Crippen molar-refractivity contribution in [1.29, 1.82) is 0 Å². The summed E-state index contributed by atoms with van der Waals surface area (Å²) in [6.45, 7) is 11.3. The minimum Gasteiger partial charge on any atom is -0.541 e. The van der Waals surface area contributed by atoms with Crippen LogP contribution in [-0.2, 0) is 22.6 Å².